The maximum absolute atomic E-state index is 11.5. The second-order valence-electron chi connectivity index (χ2n) is 13.5. The van der Waals surface area contributed by atoms with Gasteiger partial charge in [-0.05, 0) is 83.9 Å². The van der Waals surface area contributed by atoms with E-state index in [1.54, 1.807) is 9.80 Å². The molecule has 0 aliphatic heterocycles. The van der Waals surface area contributed by atoms with E-state index >= 15 is 0 Å². The first-order valence-corrected chi connectivity index (χ1v) is 22.2. The molecule has 0 spiro atoms. The lowest BCUT2D eigenvalue weighted by Gasteiger charge is -2.21. The van der Waals surface area contributed by atoms with E-state index in [4.69, 9.17) is 0 Å². The van der Waals surface area contributed by atoms with E-state index < -0.39 is 20.2 Å². The van der Waals surface area contributed by atoms with Gasteiger partial charge in [-0.15, -0.1) is 0 Å². The Morgan fingerprint density at radius 1 is 0.406 bits per heavy atom. The van der Waals surface area contributed by atoms with Gasteiger partial charge in [0.2, 0.25) is 35.7 Å². The molecule has 0 aliphatic carbocycles. The first-order valence-electron chi connectivity index (χ1n) is 19.3. The van der Waals surface area contributed by atoms with E-state index in [0.717, 1.165) is 11.1 Å². The third-order valence-electron chi connectivity index (χ3n) is 8.91. The van der Waals surface area contributed by atoms with Crippen LogP contribution >= 0.6 is 0 Å². The lowest BCUT2D eigenvalue weighted by Crippen LogP contribution is -2.31. The zero-order chi connectivity index (χ0) is 45.7. The molecule has 22 nitrogen and oxygen atoms in total. The number of hydrogen-bond donors (Lipinski definition) is 10. The summed E-state index contributed by atoms with van der Waals surface area (Å²) in [6, 6.07) is 25.4. The molecular weight excluding hydrogens is 873 g/mol. The largest absolute Gasteiger partial charge is 0.395 e. The Kier molecular flexibility index (Phi) is 15.6. The fraction of sp³-hybridized carbons (Fsp3) is 0.200. The van der Waals surface area contributed by atoms with Crippen LogP contribution in [0.5, 0.6) is 0 Å². The lowest BCUT2D eigenvalue weighted by atomic mass is 10.1. The minimum atomic E-state index is -4.39. The van der Waals surface area contributed by atoms with Gasteiger partial charge in [-0.3, -0.25) is 9.11 Å². The summed E-state index contributed by atoms with van der Waals surface area (Å²) in [5, 5.41) is 50.7. The van der Waals surface area contributed by atoms with Crippen LogP contribution in [0.15, 0.2) is 107 Å². The number of aliphatic hydroxyl groups is 4. The van der Waals surface area contributed by atoms with Crippen molar-refractivity contribution in [3.63, 3.8) is 0 Å². The summed E-state index contributed by atoms with van der Waals surface area (Å²) in [6.45, 7) is -0.392. The van der Waals surface area contributed by atoms with Gasteiger partial charge < -0.3 is 51.5 Å². The van der Waals surface area contributed by atoms with Crippen LogP contribution in [-0.2, 0) is 20.2 Å². The van der Waals surface area contributed by atoms with Crippen molar-refractivity contribution < 1.29 is 46.4 Å². The van der Waals surface area contributed by atoms with Crippen LogP contribution < -0.4 is 31.1 Å². The Balaban J connectivity index is 1.14. The van der Waals surface area contributed by atoms with Crippen LogP contribution in [0.2, 0.25) is 0 Å². The van der Waals surface area contributed by atoms with Gasteiger partial charge in [0.1, 0.15) is 0 Å². The highest BCUT2D eigenvalue weighted by atomic mass is 32.2. The molecule has 0 aliphatic rings. The smallest absolute Gasteiger partial charge is 0.294 e. The van der Waals surface area contributed by atoms with Crippen LogP contribution in [0, 0.1) is 0 Å². The standard InChI is InChI=1S/C40H44N12O10S2/c53-23-19-51(20-24-54)39-47-35(45-37(49-39)43-31-11-15-33(16-12-31)63(57,58)59)41-29-7-3-27(4-8-29)1-2-28-5-9-30(10-6-28)42-36-46-38(50-40(48-36)52(21-25-55)22-26-56)44-32-13-17-34(18-14-32)64(60,61)62/h1-18,53-56H,19-26H2,(H,57,58,59)(H,60,61,62)(H2,41,43,45,47,49)(H2,42,44,46,48,50)/b2-1+. The summed E-state index contributed by atoms with van der Waals surface area (Å²) < 4.78 is 64.5. The van der Waals surface area contributed by atoms with Crippen molar-refractivity contribution >= 4 is 90.8 Å². The van der Waals surface area contributed by atoms with E-state index in [9.17, 15) is 46.4 Å². The minimum Gasteiger partial charge on any atom is -0.395 e. The second-order valence-corrected chi connectivity index (χ2v) is 16.4. The van der Waals surface area contributed by atoms with Crippen molar-refractivity contribution in [3.8, 4) is 0 Å². The molecule has 0 bridgehead atoms. The number of aromatic nitrogens is 6. The maximum Gasteiger partial charge on any atom is 0.294 e. The third kappa shape index (κ3) is 13.3. The Morgan fingerprint density at radius 3 is 0.891 bits per heavy atom. The quantitative estimate of drug-likeness (QED) is 0.0345. The van der Waals surface area contributed by atoms with Gasteiger partial charge in [0.25, 0.3) is 20.2 Å². The molecule has 0 amide bonds. The van der Waals surface area contributed by atoms with E-state index in [1.165, 1.54) is 48.5 Å². The predicted molar refractivity (Wildman–Crippen MR) is 240 cm³/mol. The average molecular weight is 917 g/mol. The minimum absolute atomic E-state index is 0.0838. The normalized spacial score (nSPS) is 11.7. The number of hydrogen-bond acceptors (Lipinski definition) is 20. The highest BCUT2D eigenvalue weighted by Crippen LogP contribution is 2.25. The topological polar surface area (TPSA) is 322 Å². The fourth-order valence-corrected chi connectivity index (χ4v) is 6.79. The van der Waals surface area contributed by atoms with Crippen molar-refractivity contribution in [1.29, 1.82) is 0 Å². The van der Waals surface area contributed by atoms with E-state index in [1.807, 2.05) is 60.7 Å². The molecule has 6 rings (SSSR count). The number of aliphatic hydroxyl groups excluding tert-OH is 4. The highest BCUT2D eigenvalue weighted by Gasteiger charge is 2.17. The molecule has 0 unspecified atom stereocenters. The van der Waals surface area contributed by atoms with Crippen molar-refractivity contribution in [1.82, 2.24) is 29.9 Å². The molecule has 24 heteroatoms. The zero-order valence-electron chi connectivity index (χ0n) is 33.8. The lowest BCUT2D eigenvalue weighted by molar-refractivity contribution is 0.279. The number of anilines is 10. The number of nitrogens with zero attached hydrogens (tertiary/aromatic N) is 8. The molecule has 0 saturated heterocycles. The van der Waals surface area contributed by atoms with Crippen molar-refractivity contribution in [3.05, 3.63) is 108 Å². The van der Waals surface area contributed by atoms with Crippen LogP contribution in [0.4, 0.5) is 58.4 Å². The van der Waals surface area contributed by atoms with Crippen LogP contribution in [-0.4, -0.2) is 129 Å². The average Bonchev–Trinajstić information content (AvgIpc) is 3.26. The molecule has 64 heavy (non-hydrogen) atoms. The summed E-state index contributed by atoms with van der Waals surface area (Å²) >= 11 is 0. The predicted octanol–water partition coefficient (Wildman–Crippen LogP) is 3.28. The van der Waals surface area contributed by atoms with Gasteiger partial charge in [0.15, 0.2) is 0 Å². The molecule has 0 atom stereocenters. The summed E-state index contributed by atoms with van der Waals surface area (Å²) in [6.07, 6.45) is 3.83. The summed E-state index contributed by atoms with van der Waals surface area (Å²) in [7, 11) is -8.77. The van der Waals surface area contributed by atoms with Crippen LogP contribution in [0.25, 0.3) is 12.2 Å². The first-order chi connectivity index (χ1) is 30.7. The molecule has 10 N–H and O–H groups in total. The van der Waals surface area contributed by atoms with E-state index in [0.29, 0.717) is 22.7 Å². The second kappa shape index (κ2) is 21.5. The molecule has 4 aromatic carbocycles. The molecular formula is C40H44N12O10S2. The zero-order valence-corrected chi connectivity index (χ0v) is 35.4. The molecule has 336 valence electrons. The van der Waals surface area contributed by atoms with E-state index in [2.05, 4.69) is 51.2 Å². The van der Waals surface area contributed by atoms with Gasteiger partial charge in [-0.2, -0.15) is 46.7 Å². The molecule has 0 saturated carbocycles. The number of rotatable bonds is 22. The van der Waals surface area contributed by atoms with Crippen molar-refractivity contribution in [2.75, 3.05) is 83.7 Å². The number of benzene rings is 4. The Bertz CT molecular complexity index is 2530. The van der Waals surface area contributed by atoms with Crippen molar-refractivity contribution in [2.45, 2.75) is 9.79 Å². The SMILES string of the molecule is O=S(=O)(O)c1ccc(Nc2nc(Nc3ccc(/C=C/c4ccc(Nc5nc(Nc6ccc(S(=O)(=O)O)cc6)nc(N(CCO)CCO)n5)cc4)cc3)nc(N(CCO)CCO)n2)cc1. The highest BCUT2D eigenvalue weighted by molar-refractivity contribution is 7.86. The molecule has 0 fully saturated rings. The maximum atomic E-state index is 11.5. The summed E-state index contributed by atoms with van der Waals surface area (Å²) in [5.74, 6) is 0.763. The van der Waals surface area contributed by atoms with Gasteiger partial charge in [0, 0.05) is 48.9 Å². The summed E-state index contributed by atoms with van der Waals surface area (Å²) in [5.41, 5.74) is 3.85. The first kappa shape index (κ1) is 46.6. The van der Waals surface area contributed by atoms with Gasteiger partial charge in [0.05, 0.1) is 36.2 Å². The molecule has 6 aromatic rings. The summed E-state index contributed by atoms with van der Waals surface area (Å²) in [4.78, 5) is 29.3. The molecule has 2 heterocycles. The van der Waals surface area contributed by atoms with Crippen molar-refractivity contribution in [2.24, 2.45) is 0 Å². The Hall–Kier alpha value is -6.90. The Labute approximate surface area is 367 Å². The molecule has 2 aromatic heterocycles. The van der Waals surface area contributed by atoms with E-state index in [-0.39, 0.29) is 98.1 Å². The van der Waals surface area contributed by atoms with Crippen LogP contribution in [0.3, 0.4) is 0 Å². The monoisotopic (exact) mass is 916 g/mol. The van der Waals surface area contributed by atoms with Gasteiger partial charge >= 0.3 is 0 Å². The third-order valence-corrected chi connectivity index (χ3v) is 10.6. The Morgan fingerprint density at radius 2 is 0.656 bits per heavy atom. The van der Waals surface area contributed by atoms with Gasteiger partial charge in [-0.1, -0.05) is 36.4 Å². The fourth-order valence-electron chi connectivity index (χ4n) is 5.83. The number of nitrogens with one attached hydrogen (secondary N) is 4. The molecule has 0 radical (unpaired) electrons. The van der Waals surface area contributed by atoms with Gasteiger partial charge in [-0.25, -0.2) is 0 Å². The van der Waals surface area contributed by atoms with Crippen LogP contribution in [0.1, 0.15) is 11.1 Å².